The highest BCUT2D eigenvalue weighted by Gasteiger charge is 2.22. The number of aryl methyl sites for hydroxylation is 1. The Labute approximate surface area is 140 Å². The van der Waals surface area contributed by atoms with Gasteiger partial charge in [0.15, 0.2) is 5.78 Å². The van der Waals surface area contributed by atoms with Crippen LogP contribution in [0.1, 0.15) is 48.9 Å². The average molecular weight is 332 g/mol. The van der Waals surface area contributed by atoms with E-state index < -0.39 is 5.82 Å². The molecule has 7 heteroatoms. The summed E-state index contributed by atoms with van der Waals surface area (Å²) < 4.78 is 14.5. The molecule has 0 bridgehead atoms. The number of aromatic nitrogens is 3. The molecule has 1 aromatic carbocycles. The van der Waals surface area contributed by atoms with Crippen molar-refractivity contribution in [2.24, 2.45) is 13.0 Å². The number of carbonyl (C=O) groups is 2. The van der Waals surface area contributed by atoms with Gasteiger partial charge in [0, 0.05) is 25.5 Å². The van der Waals surface area contributed by atoms with Crippen molar-refractivity contribution in [2.45, 2.75) is 32.7 Å². The zero-order valence-electron chi connectivity index (χ0n) is 14.0. The number of amides is 1. The minimum absolute atomic E-state index is 0.0667. The number of halogens is 1. The second-order valence-corrected chi connectivity index (χ2v) is 5.96. The van der Waals surface area contributed by atoms with Gasteiger partial charge in [-0.3, -0.25) is 14.3 Å². The highest BCUT2D eigenvalue weighted by Crippen LogP contribution is 2.19. The predicted octanol–water partition coefficient (Wildman–Crippen LogP) is 2.43. The number of hydrogen-bond acceptors (Lipinski definition) is 4. The minimum Gasteiger partial charge on any atom is -0.346 e. The van der Waals surface area contributed by atoms with Crippen molar-refractivity contribution in [3.63, 3.8) is 0 Å². The van der Waals surface area contributed by atoms with E-state index in [4.69, 9.17) is 0 Å². The lowest BCUT2D eigenvalue weighted by Crippen LogP contribution is -2.33. The van der Waals surface area contributed by atoms with Gasteiger partial charge in [0.25, 0.3) is 0 Å². The van der Waals surface area contributed by atoms with Gasteiger partial charge in [0.1, 0.15) is 18.0 Å². The topological polar surface area (TPSA) is 76.9 Å². The summed E-state index contributed by atoms with van der Waals surface area (Å²) in [4.78, 5) is 28.4. The van der Waals surface area contributed by atoms with Crippen LogP contribution >= 0.6 is 0 Å². The number of carbonyl (C=O) groups excluding carboxylic acids is 2. The molecule has 6 nitrogen and oxygen atoms in total. The van der Waals surface area contributed by atoms with Gasteiger partial charge >= 0.3 is 0 Å². The van der Waals surface area contributed by atoms with Crippen LogP contribution in [0.25, 0.3) is 0 Å². The molecule has 0 aliphatic rings. The van der Waals surface area contributed by atoms with Crippen LogP contribution in [-0.4, -0.2) is 26.5 Å². The van der Waals surface area contributed by atoms with Crippen LogP contribution in [0.5, 0.6) is 0 Å². The molecule has 1 aromatic heterocycles. The van der Waals surface area contributed by atoms with Crippen molar-refractivity contribution in [3.8, 4) is 0 Å². The molecule has 128 valence electrons. The second kappa shape index (κ2) is 7.81. The number of nitrogens with zero attached hydrogens (tertiary/aromatic N) is 3. The van der Waals surface area contributed by atoms with Crippen LogP contribution in [0.4, 0.5) is 4.39 Å². The summed E-state index contributed by atoms with van der Waals surface area (Å²) in [7, 11) is 1.77. The van der Waals surface area contributed by atoms with Gasteiger partial charge in [-0.1, -0.05) is 13.8 Å². The summed E-state index contributed by atoms with van der Waals surface area (Å²) in [6.45, 7) is 3.95. The Morgan fingerprint density at radius 3 is 2.42 bits per heavy atom. The molecule has 0 saturated carbocycles. The summed E-state index contributed by atoms with van der Waals surface area (Å²) in [5.74, 6) is -0.0160. The van der Waals surface area contributed by atoms with Crippen molar-refractivity contribution in [3.05, 3.63) is 47.8 Å². The highest BCUT2D eigenvalue weighted by atomic mass is 19.1. The second-order valence-electron chi connectivity index (χ2n) is 5.96. The van der Waals surface area contributed by atoms with E-state index in [0.717, 1.165) is 0 Å². The lowest BCUT2D eigenvalue weighted by Gasteiger charge is -2.21. The minimum atomic E-state index is -0.396. The fourth-order valence-corrected chi connectivity index (χ4v) is 2.37. The fourth-order valence-electron chi connectivity index (χ4n) is 2.37. The molecule has 0 fully saturated rings. The molecular formula is C17H21FN4O2. The Hall–Kier alpha value is -2.57. The molecule has 1 atom stereocenters. The number of hydrogen-bond donors (Lipinski definition) is 1. The van der Waals surface area contributed by atoms with Gasteiger partial charge in [-0.15, -0.1) is 0 Å². The first kappa shape index (κ1) is 17.8. The molecule has 1 heterocycles. The maximum absolute atomic E-state index is 12.9. The molecular weight excluding hydrogens is 311 g/mol. The monoisotopic (exact) mass is 332 g/mol. The number of ketones is 1. The Balaban J connectivity index is 1.93. The smallest absolute Gasteiger partial charge is 0.221 e. The third-order valence-electron chi connectivity index (χ3n) is 3.75. The number of rotatable bonds is 7. The molecule has 0 spiro atoms. The van der Waals surface area contributed by atoms with Crippen molar-refractivity contribution >= 4 is 11.7 Å². The van der Waals surface area contributed by atoms with Crippen LogP contribution in [0.3, 0.4) is 0 Å². The maximum Gasteiger partial charge on any atom is 0.221 e. The van der Waals surface area contributed by atoms with Crippen LogP contribution < -0.4 is 5.32 Å². The largest absolute Gasteiger partial charge is 0.346 e. The standard InChI is InChI=1S/C17H21FN4O2/c1-11(2)16(17-19-10-20-22(17)3)21-15(24)9-8-14(23)12-4-6-13(18)7-5-12/h4-7,10-11,16H,8-9H2,1-3H3,(H,21,24)/t16-/m0/s1. The quantitative estimate of drug-likeness (QED) is 0.790. The normalized spacial score (nSPS) is 12.2. The molecule has 0 aliphatic carbocycles. The first-order valence-electron chi connectivity index (χ1n) is 7.80. The number of Topliss-reactive ketones (excluding diaryl/α,β-unsaturated/α-hetero) is 1. The zero-order valence-corrected chi connectivity index (χ0v) is 14.0. The molecule has 24 heavy (non-hydrogen) atoms. The summed E-state index contributed by atoms with van der Waals surface area (Å²) in [5, 5.41) is 6.92. The maximum atomic E-state index is 12.9. The van der Waals surface area contributed by atoms with Crippen LogP contribution in [0.2, 0.25) is 0 Å². The van der Waals surface area contributed by atoms with Crippen LogP contribution in [0.15, 0.2) is 30.6 Å². The molecule has 0 radical (unpaired) electrons. The summed E-state index contributed by atoms with van der Waals surface area (Å²) in [5.41, 5.74) is 0.401. The predicted molar refractivity (Wildman–Crippen MR) is 86.7 cm³/mol. The molecule has 1 amide bonds. The Morgan fingerprint density at radius 2 is 1.88 bits per heavy atom. The Morgan fingerprint density at radius 1 is 1.21 bits per heavy atom. The average Bonchev–Trinajstić information content (AvgIpc) is 2.96. The van der Waals surface area contributed by atoms with Gasteiger partial charge in [-0.05, 0) is 30.2 Å². The van der Waals surface area contributed by atoms with Crippen molar-refractivity contribution in [1.82, 2.24) is 20.1 Å². The van der Waals surface area contributed by atoms with Crippen molar-refractivity contribution < 1.29 is 14.0 Å². The van der Waals surface area contributed by atoms with E-state index in [9.17, 15) is 14.0 Å². The van der Waals surface area contributed by atoms with Crippen LogP contribution in [-0.2, 0) is 11.8 Å². The van der Waals surface area contributed by atoms with E-state index in [1.165, 1.54) is 30.6 Å². The van der Waals surface area contributed by atoms with Crippen LogP contribution in [0, 0.1) is 11.7 Å². The van der Waals surface area contributed by atoms with Gasteiger partial charge in [0.2, 0.25) is 5.91 Å². The van der Waals surface area contributed by atoms with Crippen molar-refractivity contribution in [2.75, 3.05) is 0 Å². The third-order valence-corrected chi connectivity index (χ3v) is 3.75. The molecule has 2 rings (SSSR count). The fraction of sp³-hybridized carbons (Fsp3) is 0.412. The Bertz CT molecular complexity index is 710. The number of nitrogens with one attached hydrogen (secondary N) is 1. The first-order chi connectivity index (χ1) is 11.4. The van der Waals surface area contributed by atoms with E-state index in [-0.39, 0.29) is 36.5 Å². The highest BCUT2D eigenvalue weighted by molar-refractivity contribution is 5.97. The lowest BCUT2D eigenvalue weighted by molar-refractivity contribution is -0.122. The summed E-state index contributed by atoms with van der Waals surface area (Å²) >= 11 is 0. The van der Waals surface area contributed by atoms with E-state index in [2.05, 4.69) is 15.4 Å². The van der Waals surface area contributed by atoms with Gasteiger partial charge in [0.05, 0.1) is 6.04 Å². The summed E-state index contributed by atoms with van der Waals surface area (Å²) in [6.07, 6.45) is 1.58. The van der Waals surface area contributed by atoms with Crippen molar-refractivity contribution in [1.29, 1.82) is 0 Å². The van der Waals surface area contributed by atoms with E-state index >= 15 is 0 Å². The molecule has 1 N–H and O–H groups in total. The molecule has 0 saturated heterocycles. The SMILES string of the molecule is CC(C)[C@H](NC(=O)CCC(=O)c1ccc(F)cc1)c1ncnn1C. The molecule has 2 aromatic rings. The van der Waals surface area contributed by atoms with Gasteiger partial charge in [-0.25, -0.2) is 9.37 Å². The first-order valence-corrected chi connectivity index (χ1v) is 7.80. The third kappa shape index (κ3) is 4.47. The number of benzene rings is 1. The van der Waals surface area contributed by atoms with E-state index in [0.29, 0.717) is 11.4 Å². The van der Waals surface area contributed by atoms with E-state index in [1.807, 2.05) is 13.8 Å². The van der Waals surface area contributed by atoms with Gasteiger partial charge in [-0.2, -0.15) is 5.10 Å². The lowest BCUT2D eigenvalue weighted by atomic mass is 10.0. The molecule has 0 unspecified atom stereocenters. The summed E-state index contributed by atoms with van der Waals surface area (Å²) in [6, 6.07) is 5.04. The van der Waals surface area contributed by atoms with E-state index in [1.54, 1.807) is 11.7 Å². The zero-order chi connectivity index (χ0) is 17.7. The molecule has 0 aliphatic heterocycles. The van der Waals surface area contributed by atoms with Gasteiger partial charge < -0.3 is 5.32 Å². The Kier molecular flexibility index (Phi) is 5.78.